The minimum absolute atomic E-state index is 0.0241. The summed E-state index contributed by atoms with van der Waals surface area (Å²) in [5.74, 6) is 1.23. The summed E-state index contributed by atoms with van der Waals surface area (Å²) in [6.45, 7) is 7.61. The van der Waals surface area contributed by atoms with Crippen LogP contribution in [0, 0.1) is 20.8 Å². The van der Waals surface area contributed by atoms with Crippen molar-refractivity contribution in [1.29, 1.82) is 0 Å². The lowest BCUT2D eigenvalue weighted by atomic mass is 10.1. The lowest BCUT2D eigenvalue weighted by Crippen LogP contribution is -2.03. The molecule has 0 unspecified atom stereocenters. The van der Waals surface area contributed by atoms with Crippen molar-refractivity contribution < 1.29 is 4.79 Å². The molecular formula is C21H22N4O. The molecule has 0 aliphatic carbocycles. The topological polar surface area (TPSA) is 66.9 Å². The van der Waals surface area contributed by atoms with Gasteiger partial charge in [-0.15, -0.1) is 0 Å². The Morgan fingerprint density at radius 2 is 1.73 bits per heavy atom. The van der Waals surface area contributed by atoms with E-state index in [1.165, 1.54) is 5.56 Å². The van der Waals surface area contributed by atoms with E-state index in [1.54, 1.807) is 19.1 Å². The van der Waals surface area contributed by atoms with Gasteiger partial charge in [0.25, 0.3) is 0 Å². The normalized spacial score (nSPS) is 10.5. The first kappa shape index (κ1) is 17.6. The highest BCUT2D eigenvalue weighted by Crippen LogP contribution is 2.22. The molecule has 1 aromatic heterocycles. The van der Waals surface area contributed by atoms with Crippen LogP contribution in [0.15, 0.2) is 48.5 Å². The van der Waals surface area contributed by atoms with Crippen molar-refractivity contribution in [3.05, 3.63) is 70.9 Å². The van der Waals surface area contributed by atoms with Crippen molar-refractivity contribution in [2.45, 2.75) is 27.7 Å². The third-order valence-corrected chi connectivity index (χ3v) is 4.02. The van der Waals surface area contributed by atoms with Crippen molar-refractivity contribution in [1.82, 2.24) is 9.97 Å². The molecule has 3 aromatic rings. The fourth-order valence-corrected chi connectivity index (χ4v) is 2.73. The minimum Gasteiger partial charge on any atom is -0.340 e. The van der Waals surface area contributed by atoms with Gasteiger partial charge in [0.2, 0.25) is 5.95 Å². The molecule has 0 saturated carbocycles. The number of aryl methyl sites for hydroxylation is 3. The molecule has 2 aromatic carbocycles. The number of aromatic nitrogens is 2. The zero-order valence-electron chi connectivity index (χ0n) is 15.4. The average molecular weight is 346 g/mol. The van der Waals surface area contributed by atoms with Gasteiger partial charge in [-0.2, -0.15) is 4.98 Å². The Morgan fingerprint density at radius 1 is 0.923 bits per heavy atom. The highest BCUT2D eigenvalue weighted by atomic mass is 16.1. The van der Waals surface area contributed by atoms with Gasteiger partial charge in [-0.25, -0.2) is 4.98 Å². The quantitative estimate of drug-likeness (QED) is 0.630. The lowest BCUT2D eigenvalue weighted by Gasteiger charge is -2.12. The van der Waals surface area contributed by atoms with Gasteiger partial charge in [0, 0.05) is 28.7 Å². The number of ketones is 1. The van der Waals surface area contributed by atoms with Gasteiger partial charge in [0.1, 0.15) is 5.82 Å². The number of carbonyl (C=O) groups is 1. The maximum atomic E-state index is 11.5. The van der Waals surface area contributed by atoms with Crippen molar-refractivity contribution in [2.75, 3.05) is 10.6 Å². The Bertz CT molecular complexity index is 966. The monoisotopic (exact) mass is 346 g/mol. The van der Waals surface area contributed by atoms with Gasteiger partial charge in [0.05, 0.1) is 0 Å². The lowest BCUT2D eigenvalue weighted by molar-refractivity contribution is 0.101. The molecule has 5 heteroatoms. The van der Waals surface area contributed by atoms with Crippen LogP contribution < -0.4 is 10.6 Å². The van der Waals surface area contributed by atoms with Gasteiger partial charge in [-0.05, 0) is 51.5 Å². The third-order valence-electron chi connectivity index (χ3n) is 4.02. The van der Waals surface area contributed by atoms with Crippen molar-refractivity contribution in [3.63, 3.8) is 0 Å². The molecule has 2 N–H and O–H groups in total. The summed E-state index contributed by atoms with van der Waals surface area (Å²) in [5, 5.41) is 6.53. The van der Waals surface area contributed by atoms with E-state index in [0.29, 0.717) is 11.5 Å². The zero-order chi connectivity index (χ0) is 18.7. The Kier molecular flexibility index (Phi) is 4.98. The molecule has 5 nitrogen and oxygen atoms in total. The van der Waals surface area contributed by atoms with Gasteiger partial charge in [0.15, 0.2) is 5.78 Å². The largest absolute Gasteiger partial charge is 0.340 e. The standard InChI is InChI=1S/C21H22N4O/c1-13-8-9-19(14(2)10-13)24-20-11-15(3)22-21(25-20)23-18-7-5-6-17(12-18)16(4)26/h5-12H,1-4H3,(H2,22,23,24,25). The number of anilines is 4. The predicted octanol–water partition coefficient (Wildman–Crippen LogP) is 5.09. The molecule has 132 valence electrons. The number of hydrogen-bond donors (Lipinski definition) is 2. The second-order valence-electron chi connectivity index (χ2n) is 6.42. The van der Waals surface area contributed by atoms with E-state index in [2.05, 4.69) is 46.6 Å². The fraction of sp³-hybridized carbons (Fsp3) is 0.190. The number of carbonyl (C=O) groups excluding carboxylic acids is 1. The first-order valence-corrected chi connectivity index (χ1v) is 8.49. The Morgan fingerprint density at radius 3 is 2.46 bits per heavy atom. The Labute approximate surface area is 153 Å². The molecule has 3 rings (SSSR count). The number of nitrogens with zero attached hydrogens (tertiary/aromatic N) is 2. The van der Waals surface area contributed by atoms with Crippen LogP contribution in [0.25, 0.3) is 0 Å². The highest BCUT2D eigenvalue weighted by Gasteiger charge is 2.06. The number of rotatable bonds is 5. The molecule has 0 aliphatic heterocycles. The van der Waals surface area contributed by atoms with Crippen molar-refractivity contribution in [3.8, 4) is 0 Å². The van der Waals surface area contributed by atoms with E-state index >= 15 is 0 Å². The van der Waals surface area contributed by atoms with Crippen LogP contribution in [-0.2, 0) is 0 Å². The van der Waals surface area contributed by atoms with E-state index in [9.17, 15) is 4.79 Å². The Balaban J connectivity index is 1.85. The fourth-order valence-electron chi connectivity index (χ4n) is 2.73. The van der Waals surface area contributed by atoms with Crippen LogP contribution in [0.1, 0.15) is 34.1 Å². The summed E-state index contributed by atoms with van der Waals surface area (Å²) in [7, 11) is 0. The maximum Gasteiger partial charge on any atom is 0.229 e. The summed E-state index contributed by atoms with van der Waals surface area (Å²) < 4.78 is 0. The molecule has 0 amide bonds. The number of nitrogens with one attached hydrogen (secondary N) is 2. The molecule has 0 radical (unpaired) electrons. The first-order chi connectivity index (χ1) is 12.4. The van der Waals surface area contributed by atoms with Crippen LogP contribution in [0.5, 0.6) is 0 Å². The van der Waals surface area contributed by atoms with Crippen LogP contribution in [0.3, 0.4) is 0 Å². The van der Waals surface area contributed by atoms with Crippen LogP contribution in [-0.4, -0.2) is 15.8 Å². The second kappa shape index (κ2) is 7.35. The SMILES string of the molecule is CC(=O)c1cccc(Nc2nc(C)cc(Nc3ccc(C)cc3C)n2)c1. The van der Waals surface area contributed by atoms with Gasteiger partial charge >= 0.3 is 0 Å². The average Bonchev–Trinajstić information content (AvgIpc) is 2.57. The van der Waals surface area contributed by atoms with Crippen LogP contribution in [0.4, 0.5) is 23.1 Å². The summed E-state index contributed by atoms with van der Waals surface area (Å²) >= 11 is 0. The Hall–Kier alpha value is -3.21. The van der Waals surface area contributed by atoms with E-state index in [0.717, 1.165) is 28.5 Å². The molecule has 0 saturated heterocycles. The van der Waals surface area contributed by atoms with Gasteiger partial charge in [-0.3, -0.25) is 4.79 Å². The third kappa shape index (κ3) is 4.25. The number of benzene rings is 2. The summed E-state index contributed by atoms with van der Waals surface area (Å²) in [4.78, 5) is 20.5. The van der Waals surface area contributed by atoms with Crippen molar-refractivity contribution >= 4 is 28.9 Å². The summed E-state index contributed by atoms with van der Waals surface area (Å²) in [6.07, 6.45) is 0. The van der Waals surface area contributed by atoms with Crippen LogP contribution >= 0.6 is 0 Å². The minimum atomic E-state index is 0.0241. The first-order valence-electron chi connectivity index (χ1n) is 8.49. The molecule has 0 spiro atoms. The summed E-state index contributed by atoms with van der Waals surface area (Å²) in [6, 6.07) is 15.4. The molecule has 0 atom stereocenters. The number of hydrogen-bond acceptors (Lipinski definition) is 5. The predicted molar refractivity (Wildman–Crippen MR) is 106 cm³/mol. The molecule has 26 heavy (non-hydrogen) atoms. The smallest absolute Gasteiger partial charge is 0.229 e. The van der Waals surface area contributed by atoms with E-state index in [4.69, 9.17) is 0 Å². The van der Waals surface area contributed by atoms with Crippen molar-refractivity contribution in [2.24, 2.45) is 0 Å². The maximum absolute atomic E-state index is 11.5. The highest BCUT2D eigenvalue weighted by molar-refractivity contribution is 5.95. The second-order valence-corrected chi connectivity index (χ2v) is 6.42. The van der Waals surface area contributed by atoms with Crippen LogP contribution in [0.2, 0.25) is 0 Å². The molecule has 0 aliphatic rings. The number of Topliss-reactive ketones (excluding diaryl/α,β-unsaturated/α-hetero) is 1. The molecule has 0 bridgehead atoms. The molecular weight excluding hydrogens is 324 g/mol. The van der Waals surface area contributed by atoms with E-state index in [-0.39, 0.29) is 5.78 Å². The zero-order valence-corrected chi connectivity index (χ0v) is 15.4. The van der Waals surface area contributed by atoms with Gasteiger partial charge in [-0.1, -0.05) is 29.8 Å². The van der Waals surface area contributed by atoms with E-state index in [1.807, 2.05) is 31.2 Å². The molecule has 0 fully saturated rings. The summed E-state index contributed by atoms with van der Waals surface area (Å²) in [5.41, 5.74) is 5.66. The molecule has 1 heterocycles. The van der Waals surface area contributed by atoms with Gasteiger partial charge < -0.3 is 10.6 Å². The van der Waals surface area contributed by atoms with E-state index < -0.39 is 0 Å².